The molecule has 0 saturated heterocycles. The van der Waals surface area contributed by atoms with Gasteiger partial charge >= 0.3 is 0 Å². The van der Waals surface area contributed by atoms with Crippen molar-refractivity contribution >= 4 is 11.8 Å². The molecule has 0 bridgehead atoms. The third-order valence-electron chi connectivity index (χ3n) is 2.73. The molecule has 0 radical (unpaired) electrons. The Labute approximate surface area is 107 Å². The minimum atomic E-state index is 0.320. The number of hydrogen-bond donors (Lipinski definition) is 1. The van der Waals surface area contributed by atoms with Crippen LogP contribution in [0.15, 0.2) is 30.6 Å². The van der Waals surface area contributed by atoms with Crippen LogP contribution in [0, 0.1) is 6.92 Å². The van der Waals surface area contributed by atoms with E-state index in [2.05, 4.69) is 19.9 Å². The number of nitrogen functional groups attached to an aromatic ring is 1. The van der Waals surface area contributed by atoms with Crippen LogP contribution in [-0.4, -0.2) is 28.5 Å². The van der Waals surface area contributed by atoms with Crippen molar-refractivity contribution in [1.82, 2.24) is 15.0 Å². The minimum Gasteiger partial charge on any atom is -0.368 e. The first-order valence-corrected chi connectivity index (χ1v) is 5.86. The van der Waals surface area contributed by atoms with E-state index in [1.807, 2.05) is 44.6 Å². The van der Waals surface area contributed by atoms with E-state index in [9.17, 15) is 0 Å². The Morgan fingerprint density at radius 2 is 1.94 bits per heavy atom. The molecule has 2 aromatic rings. The van der Waals surface area contributed by atoms with E-state index in [0.717, 1.165) is 24.5 Å². The molecule has 0 unspecified atom stereocenters. The fraction of sp³-hybridized carbons (Fsp3) is 0.308. The van der Waals surface area contributed by atoms with Crippen LogP contribution < -0.4 is 10.6 Å². The zero-order valence-corrected chi connectivity index (χ0v) is 10.7. The molecule has 0 fully saturated rings. The Morgan fingerprint density at radius 1 is 1.22 bits per heavy atom. The molecule has 94 valence electrons. The van der Waals surface area contributed by atoms with E-state index in [-0.39, 0.29) is 0 Å². The van der Waals surface area contributed by atoms with E-state index < -0.39 is 0 Å². The lowest BCUT2D eigenvalue weighted by atomic mass is 10.2. The molecular formula is C13H17N5. The second-order valence-electron chi connectivity index (χ2n) is 4.25. The van der Waals surface area contributed by atoms with Crippen molar-refractivity contribution in [2.24, 2.45) is 0 Å². The summed E-state index contributed by atoms with van der Waals surface area (Å²) in [5, 5.41) is 0. The van der Waals surface area contributed by atoms with Crippen molar-refractivity contribution in [3.63, 3.8) is 0 Å². The summed E-state index contributed by atoms with van der Waals surface area (Å²) in [6, 6.07) is 5.98. The topological polar surface area (TPSA) is 67.9 Å². The van der Waals surface area contributed by atoms with Crippen LogP contribution in [0.4, 0.5) is 11.8 Å². The summed E-state index contributed by atoms with van der Waals surface area (Å²) >= 11 is 0. The number of rotatable bonds is 4. The zero-order valence-electron chi connectivity index (χ0n) is 10.7. The van der Waals surface area contributed by atoms with E-state index >= 15 is 0 Å². The molecule has 2 N–H and O–H groups in total. The molecule has 18 heavy (non-hydrogen) atoms. The molecule has 0 spiro atoms. The average Bonchev–Trinajstić information content (AvgIpc) is 2.36. The first-order chi connectivity index (χ1) is 8.65. The number of nitrogens with two attached hydrogens (primary N) is 1. The second-order valence-corrected chi connectivity index (χ2v) is 4.25. The van der Waals surface area contributed by atoms with Crippen molar-refractivity contribution in [3.05, 3.63) is 41.9 Å². The molecule has 5 heteroatoms. The molecule has 2 rings (SSSR count). The van der Waals surface area contributed by atoms with Gasteiger partial charge in [-0.05, 0) is 31.0 Å². The number of hydrogen-bond acceptors (Lipinski definition) is 5. The number of likely N-dealkylation sites (N-methyl/N-ethyl adjacent to an activating group) is 1. The van der Waals surface area contributed by atoms with E-state index in [1.165, 1.54) is 5.56 Å². The standard InChI is InChI=1S/C13H17N5/c1-10-9-12(17-13(14)16-10)18(2)8-5-11-3-6-15-7-4-11/h3-4,6-7,9H,5,8H2,1-2H3,(H2,14,16,17). The van der Waals surface area contributed by atoms with Crippen molar-refractivity contribution in [3.8, 4) is 0 Å². The van der Waals surface area contributed by atoms with Gasteiger partial charge in [-0.3, -0.25) is 4.98 Å². The summed E-state index contributed by atoms with van der Waals surface area (Å²) < 4.78 is 0. The van der Waals surface area contributed by atoms with Crippen LogP contribution >= 0.6 is 0 Å². The fourth-order valence-electron chi connectivity index (χ4n) is 1.73. The predicted molar refractivity (Wildman–Crippen MR) is 72.4 cm³/mol. The van der Waals surface area contributed by atoms with Gasteiger partial charge in [-0.2, -0.15) is 4.98 Å². The Kier molecular flexibility index (Phi) is 3.72. The number of aromatic nitrogens is 3. The number of nitrogens with zero attached hydrogens (tertiary/aromatic N) is 4. The summed E-state index contributed by atoms with van der Waals surface area (Å²) in [5.41, 5.74) is 7.79. The van der Waals surface area contributed by atoms with Gasteiger partial charge in [0.15, 0.2) is 0 Å². The number of anilines is 2. The van der Waals surface area contributed by atoms with Crippen LogP contribution in [0.5, 0.6) is 0 Å². The molecule has 0 aliphatic heterocycles. The Balaban J connectivity index is 2.01. The maximum absolute atomic E-state index is 5.65. The van der Waals surface area contributed by atoms with Crippen molar-refractivity contribution in [1.29, 1.82) is 0 Å². The number of aryl methyl sites for hydroxylation is 1. The van der Waals surface area contributed by atoms with Gasteiger partial charge in [0.1, 0.15) is 5.82 Å². The Bertz CT molecular complexity index is 492. The first kappa shape index (κ1) is 12.3. The van der Waals surface area contributed by atoms with Crippen LogP contribution in [0.25, 0.3) is 0 Å². The highest BCUT2D eigenvalue weighted by Crippen LogP contribution is 2.12. The summed E-state index contributed by atoms with van der Waals surface area (Å²) in [6.45, 7) is 2.79. The van der Waals surface area contributed by atoms with E-state index in [0.29, 0.717) is 5.95 Å². The highest BCUT2D eigenvalue weighted by Gasteiger charge is 2.05. The maximum atomic E-state index is 5.65. The second kappa shape index (κ2) is 5.44. The SMILES string of the molecule is Cc1cc(N(C)CCc2ccncc2)nc(N)n1. The molecule has 0 atom stereocenters. The van der Waals surface area contributed by atoms with Gasteiger partial charge in [0, 0.05) is 37.7 Å². The lowest BCUT2D eigenvalue weighted by molar-refractivity contribution is 0.853. The predicted octanol–water partition coefficient (Wildman–Crippen LogP) is 1.44. The van der Waals surface area contributed by atoms with Gasteiger partial charge in [-0.25, -0.2) is 4.98 Å². The normalized spacial score (nSPS) is 10.3. The zero-order chi connectivity index (χ0) is 13.0. The highest BCUT2D eigenvalue weighted by molar-refractivity contribution is 5.42. The summed E-state index contributed by atoms with van der Waals surface area (Å²) in [5.74, 6) is 1.18. The molecule has 0 amide bonds. The third kappa shape index (κ3) is 3.16. The van der Waals surface area contributed by atoms with Gasteiger partial charge in [-0.1, -0.05) is 0 Å². The van der Waals surface area contributed by atoms with Crippen LogP contribution in [0.2, 0.25) is 0 Å². The largest absolute Gasteiger partial charge is 0.368 e. The van der Waals surface area contributed by atoms with E-state index in [4.69, 9.17) is 5.73 Å². The molecule has 2 aromatic heterocycles. The van der Waals surface area contributed by atoms with Crippen molar-refractivity contribution < 1.29 is 0 Å². The third-order valence-corrected chi connectivity index (χ3v) is 2.73. The van der Waals surface area contributed by atoms with Crippen molar-refractivity contribution in [2.45, 2.75) is 13.3 Å². The van der Waals surface area contributed by atoms with Crippen LogP contribution in [0.3, 0.4) is 0 Å². The first-order valence-electron chi connectivity index (χ1n) is 5.86. The fourth-order valence-corrected chi connectivity index (χ4v) is 1.73. The van der Waals surface area contributed by atoms with Gasteiger partial charge in [0.05, 0.1) is 0 Å². The van der Waals surface area contributed by atoms with Crippen molar-refractivity contribution in [2.75, 3.05) is 24.2 Å². The highest BCUT2D eigenvalue weighted by atomic mass is 15.2. The maximum Gasteiger partial charge on any atom is 0.222 e. The summed E-state index contributed by atoms with van der Waals surface area (Å²) in [4.78, 5) is 14.4. The molecule has 2 heterocycles. The summed E-state index contributed by atoms with van der Waals surface area (Å²) in [6.07, 6.45) is 4.56. The van der Waals surface area contributed by atoms with Crippen LogP contribution in [0.1, 0.15) is 11.3 Å². The molecule has 0 aliphatic rings. The van der Waals surface area contributed by atoms with E-state index in [1.54, 1.807) is 0 Å². The summed E-state index contributed by atoms with van der Waals surface area (Å²) in [7, 11) is 2.00. The average molecular weight is 243 g/mol. The number of pyridine rings is 1. The lowest BCUT2D eigenvalue weighted by Gasteiger charge is -2.18. The molecule has 5 nitrogen and oxygen atoms in total. The Morgan fingerprint density at radius 3 is 2.61 bits per heavy atom. The molecule has 0 saturated carbocycles. The van der Waals surface area contributed by atoms with Gasteiger partial charge < -0.3 is 10.6 Å². The van der Waals surface area contributed by atoms with Gasteiger partial charge in [-0.15, -0.1) is 0 Å². The lowest BCUT2D eigenvalue weighted by Crippen LogP contribution is -2.22. The quantitative estimate of drug-likeness (QED) is 0.880. The smallest absolute Gasteiger partial charge is 0.222 e. The molecular weight excluding hydrogens is 226 g/mol. The van der Waals surface area contributed by atoms with Gasteiger partial charge in [0.2, 0.25) is 5.95 Å². The Hall–Kier alpha value is -2.17. The van der Waals surface area contributed by atoms with Gasteiger partial charge in [0.25, 0.3) is 0 Å². The monoisotopic (exact) mass is 243 g/mol. The molecule has 0 aliphatic carbocycles. The van der Waals surface area contributed by atoms with Crippen LogP contribution in [-0.2, 0) is 6.42 Å². The minimum absolute atomic E-state index is 0.320. The molecule has 0 aromatic carbocycles.